The van der Waals surface area contributed by atoms with E-state index >= 15 is 0 Å². The van der Waals surface area contributed by atoms with Gasteiger partial charge in [0.25, 0.3) is 0 Å². The van der Waals surface area contributed by atoms with Crippen molar-refractivity contribution < 1.29 is 19.4 Å². The summed E-state index contributed by atoms with van der Waals surface area (Å²) in [6.07, 6.45) is 6.59. The molecule has 10 nitrogen and oxygen atoms in total. The van der Waals surface area contributed by atoms with Crippen LogP contribution in [0.5, 0.6) is 0 Å². The van der Waals surface area contributed by atoms with E-state index in [4.69, 9.17) is 9.40 Å². The molecule has 9 rings (SSSR count). The first-order valence-electron chi connectivity index (χ1n) is 18.8. The fraction of sp³-hybridized carbons (Fsp3) is 0.318. The summed E-state index contributed by atoms with van der Waals surface area (Å²) in [6, 6.07) is 23.4. The van der Waals surface area contributed by atoms with Gasteiger partial charge in [0, 0.05) is 66.6 Å². The molecule has 3 atom stereocenters. The van der Waals surface area contributed by atoms with Gasteiger partial charge >= 0.3 is 5.97 Å². The molecule has 3 aliphatic rings. The summed E-state index contributed by atoms with van der Waals surface area (Å²) in [5, 5.41) is 35.4. The van der Waals surface area contributed by atoms with E-state index in [-0.39, 0.29) is 18.1 Å². The van der Waals surface area contributed by atoms with Crippen LogP contribution >= 0.6 is 0 Å². The molecule has 0 amide bonds. The Morgan fingerprint density at radius 3 is 2.56 bits per heavy atom. The number of nitrogens with one attached hydrogen (secondary N) is 1. The maximum atomic E-state index is 11.7. The number of likely N-dealkylation sites (tertiary alicyclic amines) is 2. The number of carboxylic acids is 1. The number of hydrogen-bond acceptors (Lipinski definition) is 9. The summed E-state index contributed by atoms with van der Waals surface area (Å²) in [5.41, 5.74) is 11.5. The van der Waals surface area contributed by atoms with Crippen molar-refractivity contribution in [1.29, 1.82) is 5.26 Å². The molecule has 272 valence electrons. The normalized spacial score (nSPS) is 20.1. The monoisotopic (exact) mass is 718 g/mol. The molecule has 3 aromatic heterocycles. The van der Waals surface area contributed by atoms with Crippen molar-refractivity contribution in [3.05, 3.63) is 106 Å². The maximum Gasteiger partial charge on any atom is 0.307 e. The number of nitriles is 1. The molecular weight excluding hydrogens is 677 g/mol. The predicted octanol–water partition coefficient (Wildman–Crippen LogP) is 7.90. The Morgan fingerprint density at radius 2 is 1.78 bits per heavy atom. The summed E-state index contributed by atoms with van der Waals surface area (Å²) >= 11 is 0. The number of fused-ring (bicyclic) bond motifs is 3. The number of carbonyl (C=O) groups is 1. The van der Waals surface area contributed by atoms with Crippen molar-refractivity contribution in [2.45, 2.75) is 58.2 Å². The molecule has 3 aromatic carbocycles. The summed E-state index contributed by atoms with van der Waals surface area (Å²) in [7, 11) is 0. The minimum Gasteiger partial charge on any atom is -0.481 e. The minimum atomic E-state index is -0.733. The zero-order valence-electron chi connectivity index (χ0n) is 30.5. The van der Waals surface area contributed by atoms with Crippen LogP contribution in [0.2, 0.25) is 0 Å². The molecule has 1 aliphatic carbocycles. The number of aromatic nitrogens is 2. The first kappa shape index (κ1) is 34.2. The van der Waals surface area contributed by atoms with Crippen LogP contribution < -0.4 is 5.32 Å². The number of nitrogens with zero attached hydrogens (tertiary/aromatic N) is 5. The average Bonchev–Trinajstić information content (AvgIpc) is 3.99. The Kier molecular flexibility index (Phi) is 8.65. The van der Waals surface area contributed by atoms with Crippen LogP contribution in [0.25, 0.3) is 44.3 Å². The Morgan fingerprint density at radius 1 is 0.963 bits per heavy atom. The van der Waals surface area contributed by atoms with E-state index in [0.29, 0.717) is 42.2 Å². The SMILES string of the molecule is Cc1c(Nc2nccc3cc(CN4CC[C@@H](O)C4)cnc23)cccc1-c1cccc(-c2cc3cc4c(c(C#N)c3o2)CCC4N2CC[C@@H](C(=O)O)C2)c1C. The fourth-order valence-corrected chi connectivity index (χ4v) is 9.03. The topological polar surface area (TPSA) is 139 Å². The number of aliphatic hydroxyl groups excluding tert-OH is 1. The number of rotatable bonds is 8. The van der Waals surface area contributed by atoms with Crippen LogP contribution in [0.1, 0.15) is 58.7 Å². The number of aliphatic hydroxyl groups is 1. The number of β-amino-alcohol motifs (C(OH)–C–C–N with tert-alkyl or cyclic N) is 1. The molecule has 0 spiro atoms. The van der Waals surface area contributed by atoms with Gasteiger partial charge in [0.1, 0.15) is 17.3 Å². The number of pyridine rings is 2. The summed E-state index contributed by atoms with van der Waals surface area (Å²) in [4.78, 5) is 25.7. The second-order valence-corrected chi connectivity index (χ2v) is 15.2. The van der Waals surface area contributed by atoms with Crippen LogP contribution in [-0.4, -0.2) is 68.2 Å². The molecular formula is C44H42N6O4. The number of aliphatic carboxylic acids is 1. The van der Waals surface area contributed by atoms with Gasteiger partial charge in [-0.3, -0.25) is 19.6 Å². The van der Waals surface area contributed by atoms with E-state index in [0.717, 1.165) is 105 Å². The predicted molar refractivity (Wildman–Crippen MR) is 208 cm³/mol. The zero-order chi connectivity index (χ0) is 37.1. The van der Waals surface area contributed by atoms with Gasteiger partial charge < -0.3 is 19.9 Å². The Balaban J connectivity index is 1.01. The first-order valence-corrected chi connectivity index (χ1v) is 18.8. The van der Waals surface area contributed by atoms with Gasteiger partial charge in [-0.1, -0.05) is 30.3 Å². The number of carboxylic acid groups (broad SMARTS) is 1. The van der Waals surface area contributed by atoms with E-state index in [2.05, 4.69) is 88.5 Å². The van der Waals surface area contributed by atoms with Crippen LogP contribution in [0.15, 0.2) is 77.5 Å². The van der Waals surface area contributed by atoms with E-state index in [1.165, 1.54) is 0 Å². The molecule has 3 N–H and O–H groups in total. The van der Waals surface area contributed by atoms with Gasteiger partial charge in [0.2, 0.25) is 0 Å². The van der Waals surface area contributed by atoms with E-state index < -0.39 is 5.97 Å². The quantitative estimate of drug-likeness (QED) is 0.142. The second kappa shape index (κ2) is 13.7. The number of anilines is 2. The largest absolute Gasteiger partial charge is 0.481 e. The average molecular weight is 719 g/mol. The van der Waals surface area contributed by atoms with Crippen molar-refractivity contribution in [2.24, 2.45) is 5.92 Å². The lowest BCUT2D eigenvalue weighted by molar-refractivity contribution is -0.141. The van der Waals surface area contributed by atoms with Crippen molar-refractivity contribution in [1.82, 2.24) is 19.8 Å². The van der Waals surface area contributed by atoms with Crippen molar-refractivity contribution in [2.75, 3.05) is 31.5 Å². The molecule has 0 radical (unpaired) electrons. The number of furan rings is 1. The lowest BCUT2D eigenvalue weighted by atomic mass is 9.92. The van der Waals surface area contributed by atoms with Crippen molar-refractivity contribution in [3.8, 4) is 28.5 Å². The van der Waals surface area contributed by atoms with E-state index in [1.807, 2.05) is 24.5 Å². The van der Waals surface area contributed by atoms with Crippen LogP contribution in [0.3, 0.4) is 0 Å². The summed E-state index contributed by atoms with van der Waals surface area (Å²) in [6.45, 7) is 7.86. The van der Waals surface area contributed by atoms with Crippen LogP contribution in [-0.2, 0) is 17.8 Å². The summed E-state index contributed by atoms with van der Waals surface area (Å²) < 4.78 is 6.55. The Labute approximate surface area is 313 Å². The first-order chi connectivity index (χ1) is 26.2. The molecule has 0 bridgehead atoms. The molecule has 54 heavy (non-hydrogen) atoms. The van der Waals surface area contributed by atoms with Crippen LogP contribution in [0.4, 0.5) is 11.5 Å². The van der Waals surface area contributed by atoms with Gasteiger partial charge in [0.05, 0.1) is 17.6 Å². The molecule has 2 saturated heterocycles. The second-order valence-electron chi connectivity index (χ2n) is 15.2. The van der Waals surface area contributed by atoms with Crippen LogP contribution in [0, 0.1) is 31.1 Å². The van der Waals surface area contributed by atoms with Crippen molar-refractivity contribution >= 4 is 39.3 Å². The van der Waals surface area contributed by atoms with Gasteiger partial charge in [-0.25, -0.2) is 4.98 Å². The minimum absolute atomic E-state index is 0.112. The Bertz CT molecular complexity index is 2500. The van der Waals surface area contributed by atoms with Gasteiger partial charge in [-0.15, -0.1) is 0 Å². The standard InChI is InChI=1S/C44H42N6O4/c1-25-32(33-6-4-8-38(26(33)2)48-43-41-28(11-14-46-43)17-27(21-47-41)22-49-15-13-31(51)24-49)5-3-7-34(25)40-19-30-18-36-35(37(20-45)42(30)54-40)9-10-39(36)50-16-12-29(23-50)44(52)53/h3-8,11,14,17-19,21,29,31,39,51H,9-10,12-13,15-16,22-24H2,1-2H3,(H,46,48)(H,52,53)/t29-,31-,39?/m1/s1. The number of hydrogen-bond donors (Lipinski definition) is 3. The molecule has 5 heterocycles. The highest BCUT2D eigenvalue weighted by molar-refractivity contribution is 5.93. The Hall–Kier alpha value is -5.60. The van der Waals surface area contributed by atoms with Gasteiger partial charge in [-0.05, 0) is 115 Å². The highest BCUT2D eigenvalue weighted by Crippen LogP contribution is 2.45. The van der Waals surface area contributed by atoms with Gasteiger partial charge in [-0.2, -0.15) is 5.26 Å². The number of benzene rings is 3. The molecule has 2 fully saturated rings. The molecule has 6 aromatic rings. The summed E-state index contributed by atoms with van der Waals surface area (Å²) in [5.74, 6) is 0.333. The highest BCUT2D eigenvalue weighted by atomic mass is 16.4. The molecule has 1 unspecified atom stereocenters. The van der Waals surface area contributed by atoms with E-state index in [9.17, 15) is 20.3 Å². The molecule has 2 aliphatic heterocycles. The lowest BCUT2D eigenvalue weighted by Gasteiger charge is -2.24. The lowest BCUT2D eigenvalue weighted by Crippen LogP contribution is -2.26. The fourth-order valence-electron chi connectivity index (χ4n) is 9.03. The zero-order valence-corrected chi connectivity index (χ0v) is 30.5. The third-order valence-corrected chi connectivity index (χ3v) is 11.9. The smallest absolute Gasteiger partial charge is 0.307 e. The third-order valence-electron chi connectivity index (χ3n) is 11.9. The van der Waals surface area contributed by atoms with Crippen molar-refractivity contribution in [3.63, 3.8) is 0 Å². The van der Waals surface area contributed by atoms with E-state index in [1.54, 1.807) is 0 Å². The third kappa shape index (κ3) is 5.99. The molecule has 0 saturated carbocycles. The highest BCUT2D eigenvalue weighted by Gasteiger charge is 2.37. The molecule has 10 heteroatoms. The van der Waals surface area contributed by atoms with Gasteiger partial charge in [0.15, 0.2) is 11.4 Å². The maximum absolute atomic E-state index is 11.7.